The molecule has 1 atom stereocenters. The smallest absolute Gasteiger partial charge is 0.0153 e. The summed E-state index contributed by atoms with van der Waals surface area (Å²) in [7, 11) is 0. The standard InChI is InChI=1S/C13H26N2/c1-13(8-3-2-4-9-13)15-10-7-12(14)11-5-6-11/h11-12,15H,2-10,14H2,1H3. The second-order valence-corrected chi connectivity index (χ2v) is 5.84. The molecule has 0 aromatic carbocycles. The van der Waals surface area contributed by atoms with Gasteiger partial charge in [-0.05, 0) is 51.5 Å². The van der Waals surface area contributed by atoms with Gasteiger partial charge in [0.05, 0.1) is 0 Å². The van der Waals surface area contributed by atoms with E-state index in [4.69, 9.17) is 5.73 Å². The maximum atomic E-state index is 6.10. The molecule has 88 valence electrons. The van der Waals surface area contributed by atoms with E-state index in [1.807, 2.05) is 0 Å². The molecule has 1 unspecified atom stereocenters. The highest BCUT2D eigenvalue weighted by molar-refractivity contribution is 4.88. The third-order valence-corrected chi connectivity index (χ3v) is 4.21. The molecular weight excluding hydrogens is 184 g/mol. The Morgan fingerprint density at radius 1 is 1.27 bits per heavy atom. The number of nitrogens with one attached hydrogen (secondary N) is 1. The fourth-order valence-electron chi connectivity index (χ4n) is 2.81. The van der Waals surface area contributed by atoms with Crippen LogP contribution in [0.3, 0.4) is 0 Å². The second-order valence-electron chi connectivity index (χ2n) is 5.84. The normalized spacial score (nSPS) is 27.6. The van der Waals surface area contributed by atoms with E-state index in [0.717, 1.165) is 12.5 Å². The number of rotatable bonds is 5. The minimum atomic E-state index is 0.418. The predicted molar refractivity (Wildman–Crippen MR) is 64.8 cm³/mol. The van der Waals surface area contributed by atoms with E-state index in [1.54, 1.807) is 0 Å². The van der Waals surface area contributed by atoms with Crippen molar-refractivity contribution < 1.29 is 0 Å². The molecule has 15 heavy (non-hydrogen) atoms. The van der Waals surface area contributed by atoms with Crippen LogP contribution in [0.4, 0.5) is 0 Å². The van der Waals surface area contributed by atoms with Crippen LogP contribution in [0.15, 0.2) is 0 Å². The number of hydrogen-bond donors (Lipinski definition) is 2. The first-order valence-electron chi connectivity index (χ1n) is 6.70. The Kier molecular flexibility index (Phi) is 3.68. The maximum Gasteiger partial charge on any atom is 0.0153 e. The lowest BCUT2D eigenvalue weighted by Crippen LogP contribution is -2.45. The van der Waals surface area contributed by atoms with Crippen molar-refractivity contribution in [3.8, 4) is 0 Å². The Balaban J connectivity index is 1.63. The fraction of sp³-hybridized carbons (Fsp3) is 1.00. The van der Waals surface area contributed by atoms with E-state index in [2.05, 4.69) is 12.2 Å². The average Bonchev–Trinajstić information content (AvgIpc) is 3.01. The van der Waals surface area contributed by atoms with Crippen LogP contribution in [0.2, 0.25) is 0 Å². The Hall–Kier alpha value is -0.0800. The molecule has 2 rings (SSSR count). The first-order chi connectivity index (χ1) is 7.20. The SMILES string of the molecule is CC1(NCCC(N)C2CC2)CCCCC1. The van der Waals surface area contributed by atoms with E-state index in [-0.39, 0.29) is 0 Å². The summed E-state index contributed by atoms with van der Waals surface area (Å²) in [4.78, 5) is 0. The first-order valence-corrected chi connectivity index (χ1v) is 6.70. The molecule has 2 aliphatic rings. The van der Waals surface area contributed by atoms with Gasteiger partial charge in [0, 0.05) is 11.6 Å². The van der Waals surface area contributed by atoms with Crippen LogP contribution in [0, 0.1) is 5.92 Å². The molecule has 0 spiro atoms. The largest absolute Gasteiger partial charge is 0.327 e. The lowest BCUT2D eigenvalue weighted by molar-refractivity contribution is 0.251. The molecule has 0 saturated heterocycles. The topological polar surface area (TPSA) is 38.0 Å². The molecule has 2 heteroatoms. The van der Waals surface area contributed by atoms with Crippen LogP contribution in [-0.2, 0) is 0 Å². The minimum Gasteiger partial charge on any atom is -0.327 e. The van der Waals surface area contributed by atoms with Gasteiger partial charge in [0.2, 0.25) is 0 Å². The van der Waals surface area contributed by atoms with Crippen molar-refractivity contribution in [1.82, 2.24) is 5.32 Å². The highest BCUT2D eigenvalue weighted by Gasteiger charge is 2.29. The molecule has 0 aromatic heterocycles. The van der Waals surface area contributed by atoms with Gasteiger partial charge in [-0.15, -0.1) is 0 Å². The van der Waals surface area contributed by atoms with Gasteiger partial charge < -0.3 is 11.1 Å². The lowest BCUT2D eigenvalue weighted by Gasteiger charge is -2.35. The Bertz CT molecular complexity index is 193. The fourth-order valence-corrected chi connectivity index (χ4v) is 2.81. The van der Waals surface area contributed by atoms with Crippen molar-refractivity contribution in [2.24, 2.45) is 11.7 Å². The Labute approximate surface area is 94.0 Å². The van der Waals surface area contributed by atoms with E-state index in [9.17, 15) is 0 Å². The van der Waals surface area contributed by atoms with E-state index >= 15 is 0 Å². The van der Waals surface area contributed by atoms with Crippen molar-refractivity contribution in [2.75, 3.05) is 6.54 Å². The third kappa shape index (κ3) is 3.46. The van der Waals surface area contributed by atoms with Crippen molar-refractivity contribution in [2.45, 2.75) is 69.9 Å². The van der Waals surface area contributed by atoms with Gasteiger partial charge >= 0.3 is 0 Å². The van der Waals surface area contributed by atoms with Gasteiger partial charge in [0.25, 0.3) is 0 Å². The number of hydrogen-bond acceptors (Lipinski definition) is 2. The molecule has 2 fully saturated rings. The van der Waals surface area contributed by atoms with Gasteiger partial charge in [0.1, 0.15) is 0 Å². The molecule has 0 aromatic rings. The first kappa shape index (κ1) is 11.4. The highest BCUT2D eigenvalue weighted by Crippen LogP contribution is 2.33. The highest BCUT2D eigenvalue weighted by atomic mass is 15.0. The average molecular weight is 210 g/mol. The minimum absolute atomic E-state index is 0.418. The zero-order valence-corrected chi connectivity index (χ0v) is 10.1. The van der Waals surface area contributed by atoms with Crippen LogP contribution in [0.25, 0.3) is 0 Å². The van der Waals surface area contributed by atoms with Crippen LogP contribution in [0.5, 0.6) is 0 Å². The molecular formula is C13H26N2. The van der Waals surface area contributed by atoms with Crippen molar-refractivity contribution in [3.63, 3.8) is 0 Å². The summed E-state index contributed by atoms with van der Waals surface area (Å²) >= 11 is 0. The van der Waals surface area contributed by atoms with Crippen molar-refractivity contribution >= 4 is 0 Å². The van der Waals surface area contributed by atoms with Crippen LogP contribution in [-0.4, -0.2) is 18.1 Å². The monoisotopic (exact) mass is 210 g/mol. The van der Waals surface area contributed by atoms with Gasteiger partial charge in [-0.25, -0.2) is 0 Å². The van der Waals surface area contributed by atoms with Gasteiger partial charge in [-0.3, -0.25) is 0 Å². The summed E-state index contributed by atoms with van der Waals surface area (Å²) in [5.41, 5.74) is 6.52. The summed E-state index contributed by atoms with van der Waals surface area (Å²) in [6.07, 6.45) is 10.9. The Morgan fingerprint density at radius 2 is 1.93 bits per heavy atom. The van der Waals surface area contributed by atoms with Crippen LogP contribution >= 0.6 is 0 Å². The van der Waals surface area contributed by atoms with Crippen molar-refractivity contribution in [1.29, 1.82) is 0 Å². The third-order valence-electron chi connectivity index (χ3n) is 4.21. The molecule has 0 heterocycles. The summed E-state index contributed by atoms with van der Waals surface area (Å²) < 4.78 is 0. The van der Waals surface area contributed by atoms with Gasteiger partial charge in [-0.2, -0.15) is 0 Å². The Morgan fingerprint density at radius 3 is 2.53 bits per heavy atom. The lowest BCUT2D eigenvalue weighted by atomic mass is 9.83. The number of nitrogens with two attached hydrogens (primary N) is 1. The predicted octanol–water partition coefficient (Wildman–Crippen LogP) is 2.43. The summed E-state index contributed by atoms with van der Waals surface area (Å²) in [6.45, 7) is 3.50. The molecule has 0 radical (unpaired) electrons. The molecule has 0 bridgehead atoms. The summed E-state index contributed by atoms with van der Waals surface area (Å²) in [5, 5.41) is 3.73. The van der Waals surface area contributed by atoms with E-state index in [1.165, 1.54) is 51.4 Å². The molecule has 0 amide bonds. The molecule has 2 saturated carbocycles. The van der Waals surface area contributed by atoms with Crippen molar-refractivity contribution in [3.05, 3.63) is 0 Å². The summed E-state index contributed by atoms with van der Waals surface area (Å²) in [5.74, 6) is 0.853. The molecule has 3 N–H and O–H groups in total. The van der Waals surface area contributed by atoms with E-state index in [0.29, 0.717) is 11.6 Å². The second kappa shape index (κ2) is 4.84. The molecule has 2 aliphatic carbocycles. The van der Waals surface area contributed by atoms with Crippen LogP contribution in [0.1, 0.15) is 58.3 Å². The summed E-state index contributed by atoms with van der Waals surface area (Å²) in [6, 6.07) is 0.463. The van der Waals surface area contributed by atoms with Crippen LogP contribution < -0.4 is 11.1 Å². The molecule has 2 nitrogen and oxygen atoms in total. The molecule has 0 aliphatic heterocycles. The quantitative estimate of drug-likeness (QED) is 0.731. The van der Waals surface area contributed by atoms with Gasteiger partial charge in [0.15, 0.2) is 0 Å². The maximum absolute atomic E-state index is 6.10. The zero-order chi connectivity index (χ0) is 10.7. The van der Waals surface area contributed by atoms with E-state index < -0.39 is 0 Å². The zero-order valence-electron chi connectivity index (χ0n) is 10.1. The van der Waals surface area contributed by atoms with Gasteiger partial charge in [-0.1, -0.05) is 19.3 Å².